The summed E-state index contributed by atoms with van der Waals surface area (Å²) in [4.78, 5) is 36.3. The van der Waals surface area contributed by atoms with Gasteiger partial charge in [0, 0.05) is 13.1 Å². The first kappa shape index (κ1) is 13.0. The van der Waals surface area contributed by atoms with Gasteiger partial charge in [-0.1, -0.05) is 0 Å². The third-order valence-electron chi connectivity index (χ3n) is 3.26. The van der Waals surface area contributed by atoms with Crippen LogP contribution in [0.25, 0.3) is 0 Å². The number of hydrogen-bond donors (Lipinski definition) is 2. The Kier molecular flexibility index (Phi) is 3.93. The molecule has 0 aliphatic carbocycles. The Hall–Kier alpha value is -1.47. The van der Waals surface area contributed by atoms with Crippen molar-refractivity contribution in [2.75, 3.05) is 26.3 Å². The van der Waals surface area contributed by atoms with Crippen LogP contribution in [0.1, 0.15) is 13.3 Å². The molecule has 100 valence electrons. The molecule has 0 radical (unpaired) electrons. The Morgan fingerprint density at radius 3 is 2.67 bits per heavy atom. The molecule has 0 aromatic rings. The van der Waals surface area contributed by atoms with E-state index >= 15 is 0 Å². The summed E-state index contributed by atoms with van der Waals surface area (Å²) in [7, 11) is 0. The highest BCUT2D eigenvalue weighted by Gasteiger charge is 2.33. The van der Waals surface area contributed by atoms with Gasteiger partial charge in [0.05, 0.1) is 25.7 Å². The van der Waals surface area contributed by atoms with Crippen LogP contribution in [0.5, 0.6) is 0 Å². The van der Waals surface area contributed by atoms with E-state index in [9.17, 15) is 14.4 Å². The molecule has 0 saturated carbocycles. The van der Waals surface area contributed by atoms with Crippen molar-refractivity contribution in [2.24, 2.45) is 0 Å². The van der Waals surface area contributed by atoms with Crippen molar-refractivity contribution in [3.05, 3.63) is 0 Å². The molecule has 0 aromatic heterocycles. The lowest BCUT2D eigenvalue weighted by atomic mass is 10.2. The smallest absolute Gasteiger partial charge is 0.249 e. The maximum Gasteiger partial charge on any atom is 0.249 e. The van der Waals surface area contributed by atoms with E-state index < -0.39 is 11.9 Å². The zero-order valence-corrected chi connectivity index (χ0v) is 10.3. The fourth-order valence-electron chi connectivity index (χ4n) is 2.09. The molecular weight excluding hydrogens is 238 g/mol. The number of ether oxygens (including phenoxy) is 1. The van der Waals surface area contributed by atoms with Crippen LogP contribution in [0.3, 0.4) is 0 Å². The summed E-state index contributed by atoms with van der Waals surface area (Å²) in [6.07, 6.45) is 0.0282. The van der Waals surface area contributed by atoms with E-state index in [1.165, 1.54) is 0 Å². The molecule has 2 saturated heterocycles. The molecule has 7 heteroatoms. The zero-order chi connectivity index (χ0) is 13.1. The molecule has 2 atom stereocenters. The van der Waals surface area contributed by atoms with E-state index in [1.54, 1.807) is 6.92 Å². The normalized spacial score (nSPS) is 26.8. The first-order chi connectivity index (χ1) is 8.58. The highest BCUT2D eigenvalue weighted by atomic mass is 16.5. The van der Waals surface area contributed by atoms with Crippen molar-refractivity contribution < 1.29 is 19.1 Å². The number of hydrogen-bond acceptors (Lipinski definition) is 5. The van der Waals surface area contributed by atoms with Gasteiger partial charge in [-0.25, -0.2) is 0 Å². The van der Waals surface area contributed by atoms with E-state index in [1.807, 2.05) is 4.90 Å². The molecule has 2 fully saturated rings. The average Bonchev–Trinajstić information content (AvgIpc) is 2.68. The third-order valence-corrected chi connectivity index (χ3v) is 3.26. The number of carbonyl (C=O) groups excluding carboxylic acids is 3. The monoisotopic (exact) mass is 255 g/mol. The zero-order valence-electron chi connectivity index (χ0n) is 10.3. The Bertz CT molecular complexity index is 365. The summed E-state index contributed by atoms with van der Waals surface area (Å²) in [5, 5.41) is 4.77. The fraction of sp³-hybridized carbons (Fsp3) is 0.727. The third kappa shape index (κ3) is 2.85. The van der Waals surface area contributed by atoms with Crippen molar-refractivity contribution in [2.45, 2.75) is 25.4 Å². The van der Waals surface area contributed by atoms with E-state index in [2.05, 4.69) is 10.6 Å². The summed E-state index contributed by atoms with van der Waals surface area (Å²) in [5.41, 5.74) is 0. The number of imide groups is 1. The Balaban J connectivity index is 1.87. The molecule has 2 aliphatic heterocycles. The minimum atomic E-state index is -0.728. The fourth-order valence-corrected chi connectivity index (χ4v) is 2.09. The number of amides is 3. The SMILES string of the molecule is CC(C(=O)NC1CC(=O)NC1=O)N1CCOCC1. The second kappa shape index (κ2) is 5.45. The molecule has 2 heterocycles. The van der Waals surface area contributed by atoms with Crippen molar-refractivity contribution in [3.63, 3.8) is 0 Å². The first-order valence-electron chi connectivity index (χ1n) is 6.04. The van der Waals surface area contributed by atoms with Crippen LogP contribution in [-0.4, -0.2) is 61.0 Å². The van der Waals surface area contributed by atoms with E-state index in [4.69, 9.17) is 4.74 Å². The van der Waals surface area contributed by atoms with Gasteiger partial charge < -0.3 is 10.1 Å². The van der Waals surface area contributed by atoms with E-state index in [0.717, 1.165) is 0 Å². The summed E-state index contributed by atoms with van der Waals surface area (Å²) in [6.45, 7) is 4.41. The molecule has 2 N–H and O–H groups in total. The molecule has 18 heavy (non-hydrogen) atoms. The molecule has 0 aromatic carbocycles. The highest BCUT2D eigenvalue weighted by molar-refractivity contribution is 6.07. The van der Waals surface area contributed by atoms with Crippen molar-refractivity contribution in [1.82, 2.24) is 15.5 Å². The van der Waals surface area contributed by atoms with Gasteiger partial charge in [0.1, 0.15) is 6.04 Å². The van der Waals surface area contributed by atoms with Crippen LogP contribution in [0.4, 0.5) is 0 Å². The first-order valence-corrected chi connectivity index (χ1v) is 6.04. The summed E-state index contributed by atoms with van der Waals surface area (Å²) >= 11 is 0. The molecule has 2 unspecified atom stereocenters. The maximum absolute atomic E-state index is 12.0. The quantitative estimate of drug-likeness (QED) is 0.583. The second-order valence-electron chi connectivity index (χ2n) is 4.50. The predicted octanol–water partition coefficient (Wildman–Crippen LogP) is -1.76. The second-order valence-corrected chi connectivity index (χ2v) is 4.50. The standard InChI is InChI=1S/C11H17N3O4/c1-7(14-2-4-18-5-3-14)10(16)12-8-6-9(15)13-11(8)17/h7-8H,2-6H2,1H3,(H,12,16)(H,13,15,17). The average molecular weight is 255 g/mol. The molecular formula is C11H17N3O4. The lowest BCUT2D eigenvalue weighted by molar-refractivity contribution is -0.131. The molecule has 2 rings (SSSR count). The Labute approximate surface area is 105 Å². The van der Waals surface area contributed by atoms with Crippen LogP contribution < -0.4 is 10.6 Å². The van der Waals surface area contributed by atoms with Gasteiger partial charge >= 0.3 is 0 Å². The highest BCUT2D eigenvalue weighted by Crippen LogP contribution is 2.06. The summed E-state index contributed by atoms with van der Waals surface area (Å²) in [5.74, 6) is -1.00. The molecule has 2 aliphatic rings. The molecule has 0 bridgehead atoms. The van der Waals surface area contributed by atoms with E-state index in [0.29, 0.717) is 26.3 Å². The van der Waals surface area contributed by atoms with E-state index in [-0.39, 0.29) is 24.3 Å². The van der Waals surface area contributed by atoms with Gasteiger partial charge in [-0.2, -0.15) is 0 Å². The van der Waals surface area contributed by atoms with Crippen molar-refractivity contribution in [3.8, 4) is 0 Å². The van der Waals surface area contributed by atoms with Crippen molar-refractivity contribution >= 4 is 17.7 Å². The van der Waals surface area contributed by atoms with Crippen LogP contribution >= 0.6 is 0 Å². The summed E-state index contributed by atoms with van der Waals surface area (Å²) in [6, 6.07) is -1.05. The Morgan fingerprint density at radius 2 is 2.11 bits per heavy atom. The lowest BCUT2D eigenvalue weighted by Gasteiger charge is -2.31. The predicted molar refractivity (Wildman–Crippen MR) is 61.6 cm³/mol. The maximum atomic E-state index is 12.0. The minimum Gasteiger partial charge on any atom is -0.379 e. The number of rotatable bonds is 3. The van der Waals surface area contributed by atoms with Crippen LogP contribution in [0.15, 0.2) is 0 Å². The molecule has 3 amide bonds. The lowest BCUT2D eigenvalue weighted by Crippen LogP contribution is -2.52. The van der Waals surface area contributed by atoms with Crippen molar-refractivity contribution in [1.29, 1.82) is 0 Å². The summed E-state index contributed by atoms with van der Waals surface area (Å²) < 4.78 is 5.21. The van der Waals surface area contributed by atoms with Gasteiger partial charge in [-0.3, -0.25) is 24.6 Å². The topological polar surface area (TPSA) is 87.7 Å². The van der Waals surface area contributed by atoms with Gasteiger partial charge in [0.2, 0.25) is 17.7 Å². The van der Waals surface area contributed by atoms with Gasteiger partial charge in [0.15, 0.2) is 0 Å². The number of carbonyl (C=O) groups is 3. The Morgan fingerprint density at radius 1 is 1.44 bits per heavy atom. The molecule has 0 spiro atoms. The minimum absolute atomic E-state index is 0.0282. The van der Waals surface area contributed by atoms with Gasteiger partial charge in [-0.05, 0) is 6.92 Å². The number of nitrogens with zero attached hydrogens (tertiary/aromatic N) is 1. The van der Waals surface area contributed by atoms with Gasteiger partial charge in [-0.15, -0.1) is 0 Å². The van der Waals surface area contributed by atoms with Crippen LogP contribution in [0.2, 0.25) is 0 Å². The molecule has 7 nitrogen and oxygen atoms in total. The van der Waals surface area contributed by atoms with Crippen LogP contribution in [-0.2, 0) is 19.1 Å². The largest absolute Gasteiger partial charge is 0.379 e. The van der Waals surface area contributed by atoms with Crippen LogP contribution in [0, 0.1) is 0 Å². The van der Waals surface area contributed by atoms with Gasteiger partial charge in [0.25, 0.3) is 0 Å². The number of morpholine rings is 1. The number of nitrogens with one attached hydrogen (secondary N) is 2.